The minimum absolute atomic E-state index is 0.0747. The van der Waals surface area contributed by atoms with Gasteiger partial charge in [0.15, 0.2) is 5.82 Å². The number of carbonyl (C=O) groups is 1. The third-order valence-corrected chi connectivity index (χ3v) is 4.43. The fourth-order valence-corrected chi connectivity index (χ4v) is 2.95. The van der Waals surface area contributed by atoms with Crippen molar-refractivity contribution in [2.45, 2.75) is 12.8 Å². The van der Waals surface area contributed by atoms with Crippen molar-refractivity contribution in [2.24, 2.45) is 5.92 Å². The van der Waals surface area contributed by atoms with Gasteiger partial charge in [0.25, 0.3) is 0 Å². The maximum Gasteiger partial charge on any atom is 0.308 e. The van der Waals surface area contributed by atoms with E-state index in [2.05, 4.69) is 9.97 Å². The monoisotopic (exact) mass is 358 g/mol. The molecule has 2 aromatic rings. The van der Waals surface area contributed by atoms with Gasteiger partial charge in [0.1, 0.15) is 23.5 Å². The molecule has 0 unspecified atom stereocenters. The Balaban J connectivity index is 1.72. The smallest absolute Gasteiger partial charge is 0.308 e. The maximum atomic E-state index is 11.7. The first-order valence-electron chi connectivity index (χ1n) is 8.37. The largest absolute Gasteiger partial charge is 0.497 e. The van der Waals surface area contributed by atoms with Crippen LogP contribution in [-0.4, -0.2) is 43.2 Å². The second kappa shape index (κ2) is 7.90. The quantitative estimate of drug-likeness (QED) is 0.813. The Morgan fingerprint density at radius 1 is 1.12 bits per heavy atom. The summed E-state index contributed by atoms with van der Waals surface area (Å²) in [6.45, 7) is 1.34. The van der Waals surface area contributed by atoms with Crippen molar-refractivity contribution in [3.63, 3.8) is 0 Å². The summed E-state index contributed by atoms with van der Waals surface area (Å²) >= 11 is 0. The first-order chi connectivity index (χ1) is 12.6. The number of anilines is 2. The molecular weight excluding hydrogens is 336 g/mol. The van der Waals surface area contributed by atoms with E-state index in [-0.39, 0.29) is 11.9 Å². The molecule has 2 heterocycles. The number of benzene rings is 1. The molecule has 8 heteroatoms. The lowest BCUT2D eigenvalue weighted by Gasteiger charge is -2.32. The van der Waals surface area contributed by atoms with Crippen LogP contribution in [0.2, 0.25) is 0 Å². The van der Waals surface area contributed by atoms with Crippen LogP contribution in [0.3, 0.4) is 0 Å². The molecule has 26 heavy (non-hydrogen) atoms. The summed E-state index contributed by atoms with van der Waals surface area (Å²) in [6, 6.07) is 7.15. The summed E-state index contributed by atoms with van der Waals surface area (Å²) in [5.41, 5.74) is 6.61. The molecule has 0 aliphatic carbocycles. The number of nitrogens with zero attached hydrogens (tertiary/aromatic N) is 3. The zero-order valence-electron chi connectivity index (χ0n) is 14.8. The van der Waals surface area contributed by atoms with Crippen molar-refractivity contribution < 1.29 is 19.0 Å². The summed E-state index contributed by atoms with van der Waals surface area (Å²) < 4.78 is 15.7. The van der Waals surface area contributed by atoms with Crippen LogP contribution in [0.15, 0.2) is 30.6 Å². The van der Waals surface area contributed by atoms with Crippen LogP contribution in [-0.2, 0) is 9.53 Å². The van der Waals surface area contributed by atoms with Gasteiger partial charge in [0, 0.05) is 13.1 Å². The molecule has 3 rings (SSSR count). The molecule has 1 saturated heterocycles. The van der Waals surface area contributed by atoms with E-state index in [1.54, 1.807) is 31.4 Å². The van der Waals surface area contributed by atoms with Crippen LogP contribution >= 0.6 is 0 Å². The van der Waals surface area contributed by atoms with Crippen molar-refractivity contribution in [1.82, 2.24) is 9.97 Å². The lowest BCUT2D eigenvalue weighted by Crippen LogP contribution is -2.37. The van der Waals surface area contributed by atoms with Gasteiger partial charge in [-0.3, -0.25) is 4.79 Å². The lowest BCUT2D eigenvalue weighted by atomic mass is 9.97. The van der Waals surface area contributed by atoms with Gasteiger partial charge in [-0.15, -0.1) is 0 Å². The second-order valence-corrected chi connectivity index (χ2v) is 5.98. The van der Waals surface area contributed by atoms with Gasteiger partial charge in [0.2, 0.25) is 5.88 Å². The third-order valence-electron chi connectivity index (χ3n) is 4.43. The summed E-state index contributed by atoms with van der Waals surface area (Å²) in [4.78, 5) is 22.1. The summed E-state index contributed by atoms with van der Waals surface area (Å²) in [7, 11) is 3.02. The minimum Gasteiger partial charge on any atom is -0.497 e. The number of rotatable bonds is 5. The fraction of sp³-hybridized carbons (Fsp3) is 0.389. The van der Waals surface area contributed by atoms with Gasteiger partial charge in [-0.05, 0) is 37.1 Å². The summed E-state index contributed by atoms with van der Waals surface area (Å²) in [6.07, 6.45) is 2.83. The van der Waals surface area contributed by atoms with Crippen molar-refractivity contribution in [1.29, 1.82) is 0 Å². The molecule has 138 valence electrons. The predicted molar refractivity (Wildman–Crippen MR) is 96.5 cm³/mol. The van der Waals surface area contributed by atoms with E-state index in [0.717, 1.165) is 5.75 Å². The number of methoxy groups -OCH3 is 2. The van der Waals surface area contributed by atoms with Crippen LogP contribution in [0.4, 0.5) is 11.5 Å². The molecule has 2 N–H and O–H groups in total. The number of hydrogen-bond donors (Lipinski definition) is 1. The topological polar surface area (TPSA) is 99.8 Å². The van der Waals surface area contributed by atoms with Crippen LogP contribution in [0.1, 0.15) is 12.8 Å². The fourth-order valence-electron chi connectivity index (χ4n) is 2.95. The van der Waals surface area contributed by atoms with E-state index < -0.39 is 0 Å². The molecule has 1 aromatic heterocycles. The molecule has 0 saturated carbocycles. The van der Waals surface area contributed by atoms with E-state index in [4.69, 9.17) is 19.9 Å². The Morgan fingerprint density at radius 3 is 2.38 bits per heavy atom. The van der Waals surface area contributed by atoms with Crippen molar-refractivity contribution >= 4 is 17.5 Å². The average Bonchev–Trinajstić information content (AvgIpc) is 2.69. The van der Waals surface area contributed by atoms with Gasteiger partial charge in [-0.2, -0.15) is 4.98 Å². The minimum atomic E-state index is -0.163. The molecule has 1 aliphatic rings. The van der Waals surface area contributed by atoms with Gasteiger partial charge >= 0.3 is 5.97 Å². The molecule has 0 bridgehead atoms. The number of nitrogens with two attached hydrogens (primary N) is 1. The van der Waals surface area contributed by atoms with Crippen molar-refractivity contribution in [3.8, 4) is 17.4 Å². The second-order valence-electron chi connectivity index (χ2n) is 5.98. The molecule has 8 nitrogen and oxygen atoms in total. The van der Waals surface area contributed by atoms with E-state index in [1.807, 2.05) is 4.90 Å². The highest BCUT2D eigenvalue weighted by Crippen LogP contribution is 2.33. The molecule has 1 aliphatic heterocycles. The van der Waals surface area contributed by atoms with Gasteiger partial charge in [-0.1, -0.05) is 0 Å². The van der Waals surface area contributed by atoms with Crippen LogP contribution in [0, 0.1) is 5.92 Å². The number of carbonyl (C=O) groups excluding carboxylic acids is 1. The molecule has 1 aromatic carbocycles. The van der Waals surface area contributed by atoms with Crippen LogP contribution < -0.4 is 20.1 Å². The van der Waals surface area contributed by atoms with Gasteiger partial charge in [0.05, 0.1) is 20.1 Å². The Morgan fingerprint density at radius 2 is 1.77 bits per heavy atom. The SMILES string of the molecule is COC(=O)C1CCN(c2ncnc(Oc3ccc(OC)cc3)c2N)CC1. The molecule has 0 atom stereocenters. The Labute approximate surface area is 151 Å². The number of ether oxygens (including phenoxy) is 3. The molecular formula is C18H22N4O4. The zero-order chi connectivity index (χ0) is 18.5. The lowest BCUT2D eigenvalue weighted by molar-refractivity contribution is -0.146. The first-order valence-corrected chi connectivity index (χ1v) is 8.37. The normalized spacial score (nSPS) is 14.8. The highest BCUT2D eigenvalue weighted by molar-refractivity contribution is 5.73. The Kier molecular flexibility index (Phi) is 5.40. The Bertz CT molecular complexity index is 758. The summed E-state index contributed by atoms with van der Waals surface area (Å²) in [5.74, 6) is 2.02. The highest BCUT2D eigenvalue weighted by Gasteiger charge is 2.27. The molecule has 0 spiro atoms. The number of esters is 1. The predicted octanol–water partition coefficient (Wildman–Crippen LogP) is 2.25. The van der Waals surface area contributed by atoms with E-state index in [0.29, 0.717) is 49.1 Å². The van der Waals surface area contributed by atoms with Gasteiger partial charge in [-0.25, -0.2) is 4.98 Å². The van der Waals surface area contributed by atoms with Crippen molar-refractivity contribution in [3.05, 3.63) is 30.6 Å². The maximum absolute atomic E-state index is 11.7. The average molecular weight is 358 g/mol. The molecule has 1 fully saturated rings. The molecule has 0 amide bonds. The van der Waals surface area contributed by atoms with Gasteiger partial charge < -0.3 is 24.8 Å². The zero-order valence-corrected chi connectivity index (χ0v) is 14.8. The third kappa shape index (κ3) is 3.79. The highest BCUT2D eigenvalue weighted by atomic mass is 16.5. The number of aromatic nitrogens is 2. The number of nitrogen functional groups attached to an aromatic ring is 1. The van der Waals surface area contributed by atoms with E-state index in [9.17, 15) is 4.79 Å². The van der Waals surface area contributed by atoms with E-state index in [1.165, 1.54) is 13.4 Å². The van der Waals surface area contributed by atoms with Crippen LogP contribution in [0.25, 0.3) is 0 Å². The standard InChI is InChI=1S/C18H22N4O4/c1-24-13-3-5-14(6-4-13)26-17-15(19)16(20-11-21-17)22-9-7-12(8-10-22)18(23)25-2/h3-6,11-12H,7-10,19H2,1-2H3. The summed E-state index contributed by atoms with van der Waals surface area (Å²) in [5, 5.41) is 0. The Hall–Kier alpha value is -3.03. The van der Waals surface area contributed by atoms with Crippen molar-refractivity contribution in [2.75, 3.05) is 37.9 Å². The molecule has 0 radical (unpaired) electrons. The number of piperidine rings is 1. The van der Waals surface area contributed by atoms with E-state index >= 15 is 0 Å². The number of hydrogen-bond acceptors (Lipinski definition) is 8. The first kappa shape index (κ1) is 17.8. The van der Waals surface area contributed by atoms with Crippen LogP contribution in [0.5, 0.6) is 17.4 Å².